The second kappa shape index (κ2) is 5.06. The van der Waals surface area contributed by atoms with E-state index in [2.05, 4.69) is 10.3 Å². The molecule has 1 N–H and O–H groups in total. The van der Waals surface area contributed by atoms with Gasteiger partial charge in [-0.15, -0.1) is 11.3 Å². The van der Waals surface area contributed by atoms with E-state index in [0.29, 0.717) is 13.0 Å². The zero-order valence-corrected chi connectivity index (χ0v) is 11.6. The summed E-state index contributed by atoms with van der Waals surface area (Å²) in [5, 5.41) is 3.72. The molecule has 2 atom stereocenters. The molecule has 18 heavy (non-hydrogen) atoms. The van der Waals surface area contributed by atoms with Gasteiger partial charge in [0.2, 0.25) is 11.8 Å². The number of hydrogen-bond donors (Lipinski definition) is 1. The van der Waals surface area contributed by atoms with E-state index < -0.39 is 6.04 Å². The second-order valence-corrected chi connectivity index (χ2v) is 5.78. The molecular formula is C12H17N3O2S. The molecule has 2 rings (SSSR count). The number of aromatic nitrogens is 1. The third-order valence-electron chi connectivity index (χ3n) is 3.15. The van der Waals surface area contributed by atoms with Crippen LogP contribution in [0.3, 0.4) is 0 Å². The van der Waals surface area contributed by atoms with Crippen LogP contribution >= 0.6 is 11.3 Å². The fraction of sp³-hybridized carbons (Fsp3) is 0.583. The lowest BCUT2D eigenvalue weighted by Gasteiger charge is -2.36. The van der Waals surface area contributed by atoms with E-state index in [1.165, 1.54) is 0 Å². The van der Waals surface area contributed by atoms with Crippen molar-refractivity contribution in [2.45, 2.75) is 45.8 Å². The minimum absolute atomic E-state index is 0.00402. The number of hydrogen-bond acceptors (Lipinski definition) is 4. The minimum atomic E-state index is -0.414. The fourth-order valence-corrected chi connectivity index (χ4v) is 2.82. The first kappa shape index (κ1) is 13.0. The second-order valence-electron chi connectivity index (χ2n) is 4.46. The summed E-state index contributed by atoms with van der Waals surface area (Å²) in [7, 11) is 0. The van der Waals surface area contributed by atoms with E-state index in [1.54, 1.807) is 29.4 Å². The van der Waals surface area contributed by atoms with Crippen LogP contribution in [0.4, 0.5) is 0 Å². The zero-order chi connectivity index (χ0) is 13.3. The van der Waals surface area contributed by atoms with Gasteiger partial charge in [-0.05, 0) is 20.3 Å². The van der Waals surface area contributed by atoms with Gasteiger partial charge in [-0.25, -0.2) is 4.98 Å². The average Bonchev–Trinajstić information content (AvgIpc) is 2.75. The van der Waals surface area contributed by atoms with Crippen LogP contribution in [0.1, 0.15) is 30.2 Å². The molecule has 1 fully saturated rings. The first-order valence-corrected chi connectivity index (χ1v) is 6.86. The molecule has 1 saturated heterocycles. The van der Waals surface area contributed by atoms with Crippen LogP contribution in [0, 0.1) is 6.92 Å². The molecule has 1 aromatic rings. The van der Waals surface area contributed by atoms with Gasteiger partial charge >= 0.3 is 0 Å². The van der Waals surface area contributed by atoms with Gasteiger partial charge in [0.25, 0.3) is 0 Å². The van der Waals surface area contributed by atoms with Crippen molar-refractivity contribution in [2.24, 2.45) is 0 Å². The third kappa shape index (κ3) is 2.38. The SMILES string of the molecule is CCC1NC(=O)C(C)N(Cc2cnc(C)s2)C1=O. The molecule has 1 aliphatic heterocycles. The predicted molar refractivity (Wildman–Crippen MR) is 69.1 cm³/mol. The molecule has 0 radical (unpaired) electrons. The van der Waals surface area contributed by atoms with Gasteiger partial charge in [-0.2, -0.15) is 0 Å². The number of nitrogens with one attached hydrogen (secondary N) is 1. The first-order valence-electron chi connectivity index (χ1n) is 6.05. The normalized spacial score (nSPS) is 24.3. The van der Waals surface area contributed by atoms with Crippen LogP contribution in [0.15, 0.2) is 6.20 Å². The van der Waals surface area contributed by atoms with Crippen molar-refractivity contribution in [3.63, 3.8) is 0 Å². The van der Waals surface area contributed by atoms with Crippen molar-refractivity contribution in [1.29, 1.82) is 0 Å². The fourth-order valence-electron chi connectivity index (χ4n) is 2.02. The Hall–Kier alpha value is -1.43. The summed E-state index contributed by atoms with van der Waals surface area (Å²) in [6.07, 6.45) is 2.39. The van der Waals surface area contributed by atoms with Gasteiger partial charge in [0, 0.05) is 11.1 Å². The lowest BCUT2D eigenvalue weighted by atomic mass is 10.1. The lowest BCUT2D eigenvalue weighted by Crippen LogP contribution is -2.61. The average molecular weight is 267 g/mol. The van der Waals surface area contributed by atoms with Crippen LogP contribution < -0.4 is 5.32 Å². The highest BCUT2D eigenvalue weighted by atomic mass is 32.1. The van der Waals surface area contributed by atoms with Crippen LogP contribution in [0.2, 0.25) is 0 Å². The summed E-state index contributed by atoms with van der Waals surface area (Å²) < 4.78 is 0. The Morgan fingerprint density at radius 2 is 2.22 bits per heavy atom. The van der Waals surface area contributed by atoms with Gasteiger partial charge in [0.05, 0.1) is 11.6 Å². The number of nitrogens with zero attached hydrogens (tertiary/aromatic N) is 2. The number of carbonyl (C=O) groups is 2. The van der Waals surface area contributed by atoms with E-state index in [4.69, 9.17) is 0 Å². The Bertz CT molecular complexity index is 472. The van der Waals surface area contributed by atoms with Crippen molar-refractivity contribution < 1.29 is 9.59 Å². The summed E-state index contributed by atoms with van der Waals surface area (Å²) in [4.78, 5) is 30.8. The quantitative estimate of drug-likeness (QED) is 0.891. The molecule has 0 bridgehead atoms. The number of rotatable bonds is 3. The van der Waals surface area contributed by atoms with Crippen LogP contribution in [-0.4, -0.2) is 33.8 Å². The van der Waals surface area contributed by atoms with E-state index in [0.717, 1.165) is 9.88 Å². The van der Waals surface area contributed by atoms with E-state index in [9.17, 15) is 9.59 Å². The van der Waals surface area contributed by atoms with Crippen molar-refractivity contribution in [3.05, 3.63) is 16.1 Å². The van der Waals surface area contributed by atoms with E-state index >= 15 is 0 Å². The Kier molecular flexibility index (Phi) is 3.65. The highest BCUT2D eigenvalue weighted by Gasteiger charge is 2.37. The highest BCUT2D eigenvalue weighted by molar-refractivity contribution is 7.11. The molecule has 98 valence electrons. The molecule has 5 nitrogen and oxygen atoms in total. The first-order chi connectivity index (χ1) is 8.52. The van der Waals surface area contributed by atoms with Gasteiger partial charge in [-0.3, -0.25) is 9.59 Å². The van der Waals surface area contributed by atoms with Crippen molar-refractivity contribution in [1.82, 2.24) is 15.2 Å². The Morgan fingerprint density at radius 1 is 1.50 bits per heavy atom. The standard InChI is InChI=1S/C12H17N3O2S/c1-4-10-12(17)15(7(2)11(16)14-10)6-9-5-13-8(3)18-9/h5,7,10H,4,6H2,1-3H3,(H,14,16). The highest BCUT2D eigenvalue weighted by Crippen LogP contribution is 2.19. The zero-order valence-electron chi connectivity index (χ0n) is 10.8. The molecular weight excluding hydrogens is 250 g/mol. The lowest BCUT2D eigenvalue weighted by molar-refractivity contribution is -0.149. The number of amides is 2. The molecule has 2 unspecified atom stereocenters. The summed E-state index contributed by atoms with van der Waals surface area (Å²) >= 11 is 1.56. The molecule has 6 heteroatoms. The number of carbonyl (C=O) groups excluding carboxylic acids is 2. The van der Waals surface area contributed by atoms with E-state index in [1.807, 2.05) is 13.8 Å². The summed E-state index contributed by atoms with van der Waals surface area (Å²) in [6, 6.07) is -0.801. The largest absolute Gasteiger partial charge is 0.343 e. The number of piperazine rings is 1. The van der Waals surface area contributed by atoms with Crippen molar-refractivity contribution in [2.75, 3.05) is 0 Å². The molecule has 0 saturated carbocycles. The molecule has 2 amide bonds. The summed E-state index contributed by atoms with van der Waals surface area (Å²) in [5.74, 6) is -0.0849. The molecule has 0 aromatic carbocycles. The number of aryl methyl sites for hydroxylation is 1. The Morgan fingerprint density at radius 3 is 2.78 bits per heavy atom. The van der Waals surface area contributed by atoms with Crippen molar-refractivity contribution in [3.8, 4) is 0 Å². The van der Waals surface area contributed by atoms with Gasteiger partial charge in [0.1, 0.15) is 12.1 Å². The maximum Gasteiger partial charge on any atom is 0.246 e. The molecule has 2 heterocycles. The van der Waals surface area contributed by atoms with E-state index in [-0.39, 0.29) is 17.9 Å². The van der Waals surface area contributed by atoms with Crippen LogP contribution in [0.5, 0.6) is 0 Å². The predicted octanol–water partition coefficient (Wildman–Crippen LogP) is 1.08. The third-order valence-corrected chi connectivity index (χ3v) is 4.05. The maximum atomic E-state index is 12.2. The molecule has 0 aliphatic carbocycles. The minimum Gasteiger partial charge on any atom is -0.343 e. The van der Waals surface area contributed by atoms with Crippen LogP contribution in [-0.2, 0) is 16.1 Å². The maximum absolute atomic E-state index is 12.2. The number of thiazole rings is 1. The molecule has 0 spiro atoms. The van der Waals surface area contributed by atoms with Gasteiger partial charge in [-0.1, -0.05) is 6.92 Å². The van der Waals surface area contributed by atoms with Crippen molar-refractivity contribution >= 4 is 23.2 Å². The van der Waals surface area contributed by atoms with Crippen LogP contribution in [0.25, 0.3) is 0 Å². The topological polar surface area (TPSA) is 62.3 Å². The monoisotopic (exact) mass is 267 g/mol. The smallest absolute Gasteiger partial charge is 0.246 e. The summed E-state index contributed by atoms with van der Waals surface area (Å²) in [6.45, 7) is 6.05. The summed E-state index contributed by atoms with van der Waals surface area (Å²) in [5.41, 5.74) is 0. The molecule has 1 aliphatic rings. The Balaban J connectivity index is 2.17. The van der Waals surface area contributed by atoms with Gasteiger partial charge in [0.15, 0.2) is 0 Å². The Labute approximate surface area is 110 Å². The van der Waals surface area contributed by atoms with Gasteiger partial charge < -0.3 is 10.2 Å². The molecule has 1 aromatic heterocycles.